The molecule has 1 fully saturated rings. The highest BCUT2D eigenvalue weighted by molar-refractivity contribution is 6.34. The highest BCUT2D eigenvalue weighted by Crippen LogP contribution is 2.27. The van der Waals surface area contributed by atoms with Crippen LogP contribution in [0.5, 0.6) is 0 Å². The van der Waals surface area contributed by atoms with E-state index in [0.29, 0.717) is 67.8 Å². The molecule has 0 saturated carbocycles. The van der Waals surface area contributed by atoms with Gasteiger partial charge < -0.3 is 25.3 Å². The minimum Gasteiger partial charge on any atom is -0.478 e. The number of aliphatic carboxylic acids is 1. The standard InChI is InChI=1S/C24H29ClN4O4.C2HF3O2/c1-3-28(4-2)22(30)16-27-11-13-29(14-12-27)21-10-9-17(15-19(21)24(32)33)26-23(31)18-7-5-6-8-20(18)25;3-2(4,5)1(6)7/h5-10,15H,3-4,11-14,16H2,1-2H3,(H,26,31)(H,32,33);(H,6,7). The molecule has 3 rings (SSSR count). The molecule has 0 radical (unpaired) electrons. The highest BCUT2D eigenvalue weighted by Gasteiger charge is 2.38. The Morgan fingerprint density at radius 3 is 2.02 bits per heavy atom. The number of aromatic carboxylic acids is 1. The highest BCUT2D eigenvalue weighted by atomic mass is 35.5. The predicted molar refractivity (Wildman–Crippen MR) is 143 cm³/mol. The molecule has 1 aliphatic rings. The Bertz CT molecular complexity index is 1220. The average Bonchev–Trinajstić information content (AvgIpc) is 2.90. The van der Waals surface area contributed by atoms with Crippen molar-refractivity contribution < 1.29 is 42.6 Å². The van der Waals surface area contributed by atoms with Gasteiger partial charge in [0.1, 0.15) is 0 Å². The van der Waals surface area contributed by atoms with Crippen molar-refractivity contribution in [1.29, 1.82) is 0 Å². The van der Waals surface area contributed by atoms with Gasteiger partial charge in [0.2, 0.25) is 5.91 Å². The van der Waals surface area contributed by atoms with Gasteiger partial charge in [0.15, 0.2) is 0 Å². The van der Waals surface area contributed by atoms with E-state index < -0.39 is 24.0 Å². The number of hydrogen-bond donors (Lipinski definition) is 3. The number of anilines is 2. The maximum Gasteiger partial charge on any atom is 0.490 e. The van der Waals surface area contributed by atoms with E-state index in [-0.39, 0.29) is 11.5 Å². The molecule has 0 unspecified atom stereocenters. The summed E-state index contributed by atoms with van der Waals surface area (Å²) in [6.07, 6.45) is -5.08. The second kappa shape index (κ2) is 14.5. The Balaban J connectivity index is 0.000000708. The molecule has 0 aliphatic carbocycles. The largest absolute Gasteiger partial charge is 0.490 e. The van der Waals surface area contributed by atoms with Crippen LogP contribution in [-0.4, -0.2) is 95.8 Å². The van der Waals surface area contributed by atoms with E-state index in [0.717, 1.165) is 0 Å². The van der Waals surface area contributed by atoms with E-state index in [1.807, 2.05) is 23.6 Å². The first-order chi connectivity index (χ1) is 18.8. The van der Waals surface area contributed by atoms with Crippen molar-refractivity contribution in [2.45, 2.75) is 20.0 Å². The Labute approximate surface area is 233 Å². The number of carbonyl (C=O) groups excluding carboxylic acids is 2. The third kappa shape index (κ3) is 9.12. The molecule has 218 valence electrons. The summed E-state index contributed by atoms with van der Waals surface area (Å²) in [5.74, 6) is -4.13. The third-order valence-electron chi connectivity index (χ3n) is 6.03. The number of carbonyl (C=O) groups is 4. The van der Waals surface area contributed by atoms with Crippen LogP contribution in [0.4, 0.5) is 24.5 Å². The van der Waals surface area contributed by atoms with E-state index in [1.54, 1.807) is 36.4 Å². The van der Waals surface area contributed by atoms with Gasteiger partial charge in [-0.2, -0.15) is 13.2 Å². The van der Waals surface area contributed by atoms with Crippen LogP contribution in [-0.2, 0) is 9.59 Å². The lowest BCUT2D eigenvalue weighted by atomic mass is 10.1. The lowest BCUT2D eigenvalue weighted by Gasteiger charge is -2.37. The van der Waals surface area contributed by atoms with Gasteiger partial charge in [0, 0.05) is 45.0 Å². The number of nitrogens with zero attached hydrogens (tertiary/aromatic N) is 3. The van der Waals surface area contributed by atoms with Gasteiger partial charge in [-0.05, 0) is 44.2 Å². The summed E-state index contributed by atoms with van der Waals surface area (Å²) >= 11 is 6.08. The van der Waals surface area contributed by atoms with Crippen LogP contribution >= 0.6 is 11.6 Å². The van der Waals surface area contributed by atoms with E-state index >= 15 is 0 Å². The summed E-state index contributed by atoms with van der Waals surface area (Å²) in [6, 6.07) is 11.5. The zero-order valence-corrected chi connectivity index (χ0v) is 22.6. The first-order valence-corrected chi connectivity index (χ1v) is 12.6. The van der Waals surface area contributed by atoms with Crippen molar-refractivity contribution in [3.8, 4) is 0 Å². The fourth-order valence-electron chi connectivity index (χ4n) is 3.92. The number of carboxylic acid groups (broad SMARTS) is 2. The first kappa shape index (κ1) is 32.4. The van der Waals surface area contributed by atoms with Crippen LogP contribution in [0.15, 0.2) is 42.5 Å². The molecule has 1 aliphatic heterocycles. The lowest BCUT2D eigenvalue weighted by molar-refractivity contribution is -0.192. The van der Waals surface area contributed by atoms with Gasteiger partial charge in [-0.1, -0.05) is 23.7 Å². The number of carboxylic acids is 2. The van der Waals surface area contributed by atoms with Crippen molar-refractivity contribution in [3.63, 3.8) is 0 Å². The molecular formula is C26H30ClF3N4O6. The Hall–Kier alpha value is -3.84. The van der Waals surface area contributed by atoms with Crippen LogP contribution in [0.3, 0.4) is 0 Å². The molecule has 2 amide bonds. The molecule has 10 nitrogen and oxygen atoms in total. The van der Waals surface area contributed by atoms with Gasteiger partial charge in [-0.15, -0.1) is 0 Å². The van der Waals surface area contributed by atoms with Crippen molar-refractivity contribution in [1.82, 2.24) is 9.80 Å². The maximum absolute atomic E-state index is 12.5. The molecule has 0 spiro atoms. The first-order valence-electron chi connectivity index (χ1n) is 12.3. The molecule has 14 heteroatoms. The van der Waals surface area contributed by atoms with Crippen LogP contribution in [0.1, 0.15) is 34.6 Å². The monoisotopic (exact) mass is 586 g/mol. The summed E-state index contributed by atoms with van der Waals surface area (Å²) in [5, 5.41) is 19.9. The Morgan fingerprint density at radius 1 is 0.950 bits per heavy atom. The normalized spacial score (nSPS) is 13.6. The molecule has 2 aromatic rings. The number of halogens is 4. The summed E-state index contributed by atoms with van der Waals surface area (Å²) in [5.41, 5.74) is 1.40. The molecule has 1 heterocycles. The molecular weight excluding hydrogens is 557 g/mol. The van der Waals surface area contributed by atoms with E-state index in [2.05, 4.69) is 10.2 Å². The van der Waals surface area contributed by atoms with Gasteiger partial charge in [-0.25, -0.2) is 9.59 Å². The van der Waals surface area contributed by atoms with Crippen molar-refractivity contribution >= 4 is 46.7 Å². The number of alkyl halides is 3. The van der Waals surface area contributed by atoms with Gasteiger partial charge >= 0.3 is 18.1 Å². The number of benzene rings is 2. The average molecular weight is 587 g/mol. The SMILES string of the molecule is CCN(CC)C(=O)CN1CCN(c2ccc(NC(=O)c3ccccc3Cl)cc2C(=O)O)CC1.O=C(O)C(F)(F)F. The predicted octanol–water partition coefficient (Wildman–Crippen LogP) is 3.91. The summed E-state index contributed by atoms with van der Waals surface area (Å²) in [7, 11) is 0. The third-order valence-corrected chi connectivity index (χ3v) is 6.36. The minimum absolute atomic E-state index is 0.110. The second-order valence-corrected chi connectivity index (χ2v) is 9.01. The Morgan fingerprint density at radius 2 is 1.52 bits per heavy atom. The molecule has 40 heavy (non-hydrogen) atoms. The fraction of sp³-hybridized carbons (Fsp3) is 0.385. The molecule has 0 aromatic heterocycles. The molecule has 3 N–H and O–H groups in total. The molecule has 0 bridgehead atoms. The Kier molecular flexibility index (Phi) is 11.7. The number of hydrogen-bond acceptors (Lipinski definition) is 6. The molecule has 1 saturated heterocycles. The molecule has 2 aromatic carbocycles. The van der Waals surface area contributed by atoms with Crippen LogP contribution in [0, 0.1) is 0 Å². The fourth-order valence-corrected chi connectivity index (χ4v) is 4.14. The maximum atomic E-state index is 12.5. The minimum atomic E-state index is -5.08. The number of likely N-dealkylation sites (N-methyl/N-ethyl adjacent to an activating group) is 1. The summed E-state index contributed by atoms with van der Waals surface area (Å²) < 4.78 is 31.7. The molecule has 0 atom stereocenters. The summed E-state index contributed by atoms with van der Waals surface area (Å²) in [6.45, 7) is 8.23. The zero-order valence-electron chi connectivity index (χ0n) is 21.9. The number of piperazine rings is 1. The van der Waals surface area contributed by atoms with Crippen LogP contribution in [0.2, 0.25) is 5.02 Å². The summed E-state index contributed by atoms with van der Waals surface area (Å²) in [4.78, 5) is 51.7. The number of nitrogens with one attached hydrogen (secondary N) is 1. The van der Waals surface area contributed by atoms with Gasteiger partial charge in [0.05, 0.1) is 28.4 Å². The quantitative estimate of drug-likeness (QED) is 0.424. The second-order valence-electron chi connectivity index (χ2n) is 8.60. The van der Waals surface area contributed by atoms with Crippen molar-refractivity contribution in [2.75, 3.05) is 56.0 Å². The van der Waals surface area contributed by atoms with Gasteiger partial charge in [0.25, 0.3) is 5.91 Å². The topological polar surface area (TPSA) is 130 Å². The van der Waals surface area contributed by atoms with Crippen LogP contribution < -0.4 is 10.2 Å². The zero-order chi connectivity index (χ0) is 30.0. The van der Waals surface area contributed by atoms with E-state index in [9.17, 15) is 32.7 Å². The number of amides is 2. The van der Waals surface area contributed by atoms with Crippen LogP contribution in [0.25, 0.3) is 0 Å². The van der Waals surface area contributed by atoms with E-state index in [1.165, 1.54) is 6.07 Å². The van der Waals surface area contributed by atoms with Gasteiger partial charge in [-0.3, -0.25) is 14.5 Å². The van der Waals surface area contributed by atoms with Crippen molar-refractivity contribution in [2.24, 2.45) is 0 Å². The smallest absolute Gasteiger partial charge is 0.478 e. The van der Waals surface area contributed by atoms with Crippen molar-refractivity contribution in [3.05, 3.63) is 58.6 Å². The lowest BCUT2D eigenvalue weighted by Crippen LogP contribution is -2.50. The van der Waals surface area contributed by atoms with E-state index in [4.69, 9.17) is 21.5 Å². The number of rotatable bonds is 8.